The number of nitrogens with one attached hydrogen (secondary N) is 2. The zero-order chi connectivity index (χ0) is 16.8. The Morgan fingerprint density at radius 1 is 1.48 bits per heavy atom. The second-order valence-electron chi connectivity index (χ2n) is 5.48. The molecule has 1 aliphatic heterocycles. The highest BCUT2D eigenvalue weighted by atomic mass is 16.5. The summed E-state index contributed by atoms with van der Waals surface area (Å²) in [6.07, 6.45) is -0.124. The summed E-state index contributed by atoms with van der Waals surface area (Å²) in [6, 6.07) is 6.61. The summed E-state index contributed by atoms with van der Waals surface area (Å²) in [5.41, 5.74) is 0.618. The van der Waals surface area contributed by atoms with E-state index in [1.165, 1.54) is 4.90 Å². The molecule has 0 saturated carbocycles. The van der Waals surface area contributed by atoms with E-state index < -0.39 is 12.1 Å². The largest absolute Gasteiger partial charge is 0.497 e. The average molecular weight is 321 g/mol. The molecule has 2 unspecified atom stereocenters. The predicted octanol–water partition coefficient (Wildman–Crippen LogP) is 0.205. The maximum absolute atomic E-state index is 12.4. The van der Waals surface area contributed by atoms with Crippen LogP contribution >= 0.6 is 0 Å². The number of benzene rings is 1. The molecule has 1 aliphatic rings. The number of aliphatic hydroxyl groups is 1. The van der Waals surface area contributed by atoms with Crippen molar-refractivity contribution in [3.8, 4) is 5.75 Å². The van der Waals surface area contributed by atoms with E-state index in [1.807, 2.05) is 6.92 Å². The molecule has 0 bridgehead atoms. The number of amides is 2. The number of anilines is 1. The van der Waals surface area contributed by atoms with Crippen molar-refractivity contribution in [2.75, 3.05) is 32.1 Å². The molecule has 0 spiro atoms. The van der Waals surface area contributed by atoms with Crippen LogP contribution in [0.5, 0.6) is 5.75 Å². The van der Waals surface area contributed by atoms with Crippen molar-refractivity contribution in [1.82, 2.24) is 10.2 Å². The van der Waals surface area contributed by atoms with Crippen molar-refractivity contribution in [1.29, 1.82) is 0 Å². The van der Waals surface area contributed by atoms with Crippen LogP contribution in [0.25, 0.3) is 0 Å². The monoisotopic (exact) mass is 321 g/mol. The van der Waals surface area contributed by atoms with E-state index in [0.717, 1.165) is 0 Å². The van der Waals surface area contributed by atoms with Crippen molar-refractivity contribution in [2.45, 2.75) is 25.5 Å². The van der Waals surface area contributed by atoms with Gasteiger partial charge < -0.3 is 25.4 Å². The molecule has 1 aromatic carbocycles. The first kappa shape index (κ1) is 17.2. The van der Waals surface area contributed by atoms with Crippen LogP contribution in [0.2, 0.25) is 0 Å². The van der Waals surface area contributed by atoms with Gasteiger partial charge in [0.15, 0.2) is 0 Å². The fourth-order valence-electron chi connectivity index (χ4n) is 2.55. The maximum atomic E-state index is 12.4. The molecule has 3 N–H and O–H groups in total. The van der Waals surface area contributed by atoms with Gasteiger partial charge in [0, 0.05) is 24.8 Å². The van der Waals surface area contributed by atoms with Crippen LogP contribution in [0.1, 0.15) is 13.3 Å². The van der Waals surface area contributed by atoms with E-state index in [0.29, 0.717) is 30.9 Å². The van der Waals surface area contributed by atoms with Crippen molar-refractivity contribution >= 4 is 17.5 Å². The van der Waals surface area contributed by atoms with Gasteiger partial charge in [0.2, 0.25) is 11.8 Å². The predicted molar refractivity (Wildman–Crippen MR) is 86.3 cm³/mol. The zero-order valence-corrected chi connectivity index (χ0v) is 13.4. The molecule has 23 heavy (non-hydrogen) atoms. The lowest BCUT2D eigenvalue weighted by Crippen LogP contribution is -2.46. The van der Waals surface area contributed by atoms with Crippen molar-refractivity contribution in [3.05, 3.63) is 24.3 Å². The highest BCUT2D eigenvalue weighted by Gasteiger charge is 2.31. The number of hydrogen-bond acceptors (Lipinski definition) is 5. The standard InChI is InChI=1S/C16H23N3O4/c1-3-19(16(22)14-8-12(20)9-17-14)10-15(21)18-11-5-4-6-13(7-11)23-2/h4-7,12,14,17,20H,3,8-10H2,1-2H3,(H,18,21). The number of β-amino-alcohol motifs (C(OH)–C–C–N with tert-alkyl or cyclic N) is 1. The molecule has 126 valence electrons. The van der Waals surface area contributed by atoms with E-state index in [1.54, 1.807) is 31.4 Å². The van der Waals surface area contributed by atoms with Gasteiger partial charge in [-0.2, -0.15) is 0 Å². The number of rotatable bonds is 6. The van der Waals surface area contributed by atoms with Gasteiger partial charge in [-0.3, -0.25) is 9.59 Å². The van der Waals surface area contributed by atoms with Gasteiger partial charge in [0.05, 0.1) is 25.8 Å². The summed E-state index contributed by atoms with van der Waals surface area (Å²) >= 11 is 0. The Kier molecular flexibility index (Phi) is 5.95. The summed E-state index contributed by atoms with van der Waals surface area (Å²) in [5.74, 6) is 0.215. The number of hydrogen-bond donors (Lipinski definition) is 3. The van der Waals surface area contributed by atoms with Crippen molar-refractivity contribution in [3.63, 3.8) is 0 Å². The Morgan fingerprint density at radius 2 is 2.26 bits per heavy atom. The van der Waals surface area contributed by atoms with E-state index in [4.69, 9.17) is 4.74 Å². The number of carbonyl (C=O) groups excluding carboxylic acids is 2. The topological polar surface area (TPSA) is 90.9 Å². The lowest BCUT2D eigenvalue weighted by molar-refractivity contribution is -0.136. The van der Waals surface area contributed by atoms with Gasteiger partial charge >= 0.3 is 0 Å². The molecular formula is C16H23N3O4. The summed E-state index contributed by atoms with van der Waals surface area (Å²) in [5, 5.41) is 15.2. The Hall–Kier alpha value is -2.12. The van der Waals surface area contributed by atoms with Crippen LogP contribution in [0.3, 0.4) is 0 Å². The molecular weight excluding hydrogens is 298 g/mol. The Morgan fingerprint density at radius 3 is 2.87 bits per heavy atom. The Balaban J connectivity index is 1.92. The highest BCUT2D eigenvalue weighted by molar-refractivity contribution is 5.95. The second-order valence-corrected chi connectivity index (χ2v) is 5.48. The first-order valence-corrected chi connectivity index (χ1v) is 7.67. The Labute approximate surface area is 135 Å². The first-order chi connectivity index (χ1) is 11.0. The maximum Gasteiger partial charge on any atom is 0.243 e. The van der Waals surface area contributed by atoms with Crippen LogP contribution < -0.4 is 15.4 Å². The quantitative estimate of drug-likeness (QED) is 0.696. The third kappa shape index (κ3) is 4.67. The van der Waals surface area contributed by atoms with E-state index >= 15 is 0 Å². The number of methoxy groups -OCH3 is 1. The number of carbonyl (C=O) groups is 2. The molecule has 2 amide bonds. The SMILES string of the molecule is CCN(CC(=O)Nc1cccc(OC)c1)C(=O)C1CC(O)CN1. The van der Waals surface area contributed by atoms with Crippen LogP contribution in [-0.2, 0) is 9.59 Å². The third-order valence-electron chi connectivity index (χ3n) is 3.79. The van der Waals surface area contributed by atoms with Gasteiger partial charge in [-0.05, 0) is 25.5 Å². The summed E-state index contributed by atoms with van der Waals surface area (Å²) in [6.45, 7) is 2.63. The lowest BCUT2D eigenvalue weighted by atomic mass is 10.2. The summed E-state index contributed by atoms with van der Waals surface area (Å²) < 4.78 is 5.11. The smallest absolute Gasteiger partial charge is 0.243 e. The molecule has 1 aromatic rings. The molecule has 2 atom stereocenters. The highest BCUT2D eigenvalue weighted by Crippen LogP contribution is 2.16. The minimum atomic E-state index is -0.506. The molecule has 7 nitrogen and oxygen atoms in total. The van der Waals surface area contributed by atoms with Crippen molar-refractivity contribution < 1.29 is 19.4 Å². The van der Waals surface area contributed by atoms with E-state index in [9.17, 15) is 14.7 Å². The molecule has 7 heteroatoms. The molecule has 1 heterocycles. The summed E-state index contributed by atoms with van der Waals surface area (Å²) in [7, 11) is 1.56. The van der Waals surface area contributed by atoms with Crippen LogP contribution in [0, 0.1) is 0 Å². The van der Waals surface area contributed by atoms with Gasteiger partial charge in [-0.15, -0.1) is 0 Å². The minimum Gasteiger partial charge on any atom is -0.497 e. The molecule has 1 saturated heterocycles. The fraction of sp³-hybridized carbons (Fsp3) is 0.500. The lowest BCUT2D eigenvalue weighted by Gasteiger charge is -2.23. The van der Waals surface area contributed by atoms with E-state index in [-0.39, 0.29) is 18.4 Å². The minimum absolute atomic E-state index is 0.0270. The normalized spacial score (nSPS) is 20.1. The van der Waals surface area contributed by atoms with Crippen molar-refractivity contribution in [2.24, 2.45) is 0 Å². The van der Waals surface area contributed by atoms with Gasteiger partial charge in [-0.25, -0.2) is 0 Å². The number of nitrogens with zero attached hydrogens (tertiary/aromatic N) is 1. The molecule has 0 aliphatic carbocycles. The number of ether oxygens (including phenoxy) is 1. The van der Waals surface area contributed by atoms with Gasteiger partial charge in [0.25, 0.3) is 0 Å². The fourth-order valence-corrected chi connectivity index (χ4v) is 2.55. The van der Waals surface area contributed by atoms with Crippen LogP contribution in [0.4, 0.5) is 5.69 Å². The first-order valence-electron chi connectivity index (χ1n) is 7.67. The molecule has 0 aromatic heterocycles. The van der Waals surface area contributed by atoms with E-state index in [2.05, 4.69) is 10.6 Å². The number of likely N-dealkylation sites (N-methyl/N-ethyl adjacent to an activating group) is 1. The second kappa shape index (κ2) is 7.94. The van der Waals surface area contributed by atoms with Gasteiger partial charge in [0.1, 0.15) is 5.75 Å². The Bertz CT molecular complexity index is 564. The zero-order valence-electron chi connectivity index (χ0n) is 13.4. The summed E-state index contributed by atoms with van der Waals surface area (Å²) in [4.78, 5) is 26.0. The van der Waals surface area contributed by atoms with Crippen LogP contribution in [-0.4, -0.2) is 60.7 Å². The van der Waals surface area contributed by atoms with Crippen LogP contribution in [0.15, 0.2) is 24.3 Å². The molecule has 2 rings (SSSR count). The van der Waals surface area contributed by atoms with Gasteiger partial charge in [-0.1, -0.05) is 6.07 Å². The molecule has 0 radical (unpaired) electrons. The molecule has 1 fully saturated rings. The third-order valence-corrected chi connectivity index (χ3v) is 3.79. The average Bonchev–Trinajstić information content (AvgIpc) is 2.98. The number of aliphatic hydroxyl groups excluding tert-OH is 1.